The van der Waals surface area contributed by atoms with Crippen LogP contribution in [0.5, 0.6) is 0 Å². The van der Waals surface area contributed by atoms with Crippen LogP contribution in [0.15, 0.2) is 82.8 Å². The van der Waals surface area contributed by atoms with Gasteiger partial charge in [-0.3, -0.25) is 5.01 Å². The molecule has 1 aliphatic heterocycles. The summed E-state index contributed by atoms with van der Waals surface area (Å²) >= 11 is 6.20. The molecule has 35 heavy (non-hydrogen) atoms. The number of hydrogen-bond acceptors (Lipinski definition) is 4. The third kappa shape index (κ3) is 4.90. The van der Waals surface area contributed by atoms with Gasteiger partial charge >= 0.3 is 12.1 Å². The second-order valence-electron chi connectivity index (χ2n) is 8.06. The van der Waals surface area contributed by atoms with Crippen molar-refractivity contribution >= 4 is 32.8 Å². The van der Waals surface area contributed by atoms with Gasteiger partial charge in [-0.25, -0.2) is 8.42 Å². The molecule has 0 fully saturated rings. The average Bonchev–Trinajstić information content (AvgIpc) is 3.24. The molecule has 0 saturated heterocycles. The van der Waals surface area contributed by atoms with E-state index in [-0.39, 0.29) is 15.6 Å². The van der Waals surface area contributed by atoms with Crippen LogP contribution in [-0.2, 0) is 9.84 Å². The standard InChI is InChI=1S/C24H18ClF5N2O2S/c1-35(33,34)18-6-4-5-17(13-18)15-9-11-16(12-10-15)21-14-22(23(26,27)24(28,29)30)31-32(21)20-8-3-2-7-19(20)25/h2-13,21H,14H2,1H3. The zero-order valence-corrected chi connectivity index (χ0v) is 19.7. The number of hydrazone groups is 1. The molecule has 1 aliphatic rings. The fourth-order valence-electron chi connectivity index (χ4n) is 3.79. The van der Waals surface area contributed by atoms with E-state index in [4.69, 9.17) is 11.6 Å². The maximum absolute atomic E-state index is 14.2. The van der Waals surface area contributed by atoms with Crippen molar-refractivity contribution in [3.05, 3.63) is 83.4 Å². The Morgan fingerprint density at radius 2 is 1.57 bits per heavy atom. The van der Waals surface area contributed by atoms with Crippen molar-refractivity contribution in [1.82, 2.24) is 0 Å². The molecule has 0 amide bonds. The fraction of sp³-hybridized carbons (Fsp3) is 0.208. The highest BCUT2D eigenvalue weighted by molar-refractivity contribution is 7.90. The van der Waals surface area contributed by atoms with Crippen molar-refractivity contribution in [1.29, 1.82) is 0 Å². The van der Waals surface area contributed by atoms with Gasteiger partial charge in [0.25, 0.3) is 0 Å². The van der Waals surface area contributed by atoms with E-state index in [0.717, 1.165) is 11.3 Å². The first kappa shape index (κ1) is 25.1. The summed E-state index contributed by atoms with van der Waals surface area (Å²) in [4.78, 5) is 0.132. The van der Waals surface area contributed by atoms with Crippen LogP contribution in [0.4, 0.5) is 27.6 Å². The highest BCUT2D eigenvalue weighted by atomic mass is 35.5. The minimum atomic E-state index is -5.79. The lowest BCUT2D eigenvalue weighted by molar-refractivity contribution is -0.249. The second kappa shape index (κ2) is 8.91. The Labute approximate surface area is 203 Å². The molecule has 1 atom stereocenters. The lowest BCUT2D eigenvalue weighted by atomic mass is 9.96. The van der Waals surface area contributed by atoms with E-state index in [1.165, 1.54) is 24.3 Å². The largest absolute Gasteiger partial charge is 0.459 e. The van der Waals surface area contributed by atoms with E-state index >= 15 is 0 Å². The molecule has 1 heterocycles. The molecule has 3 aromatic rings. The molecule has 0 spiro atoms. The number of halogens is 6. The lowest BCUT2D eigenvalue weighted by Crippen LogP contribution is -2.43. The predicted octanol–water partition coefficient (Wildman–Crippen LogP) is 6.92. The SMILES string of the molecule is CS(=O)(=O)c1cccc(-c2ccc(C3CC(C(F)(F)C(F)(F)F)=NN3c3ccccc3Cl)cc2)c1. The molecule has 0 radical (unpaired) electrons. The number of nitrogens with zero attached hydrogens (tertiary/aromatic N) is 2. The van der Waals surface area contributed by atoms with Crippen LogP contribution in [0, 0.1) is 0 Å². The fourth-order valence-corrected chi connectivity index (χ4v) is 4.68. The maximum atomic E-state index is 14.2. The number of anilines is 1. The van der Waals surface area contributed by atoms with Gasteiger partial charge in [0, 0.05) is 12.7 Å². The van der Waals surface area contributed by atoms with Crippen LogP contribution in [0.2, 0.25) is 5.02 Å². The van der Waals surface area contributed by atoms with Crippen LogP contribution < -0.4 is 5.01 Å². The van der Waals surface area contributed by atoms with E-state index in [1.807, 2.05) is 0 Å². The smallest absolute Gasteiger partial charge is 0.256 e. The number of benzene rings is 3. The van der Waals surface area contributed by atoms with Crippen LogP contribution in [0.25, 0.3) is 11.1 Å². The first-order valence-corrected chi connectivity index (χ1v) is 12.5. The normalized spacial score (nSPS) is 16.9. The van der Waals surface area contributed by atoms with Crippen LogP contribution >= 0.6 is 11.6 Å². The molecule has 0 N–H and O–H groups in total. The Morgan fingerprint density at radius 3 is 2.17 bits per heavy atom. The summed E-state index contributed by atoms with van der Waals surface area (Å²) in [5.41, 5.74) is 0.569. The Morgan fingerprint density at radius 1 is 0.914 bits per heavy atom. The Balaban J connectivity index is 1.72. The van der Waals surface area contributed by atoms with Gasteiger partial charge in [-0.15, -0.1) is 0 Å². The molecule has 0 aromatic heterocycles. The first-order chi connectivity index (χ1) is 16.3. The molecule has 4 nitrogen and oxygen atoms in total. The summed E-state index contributed by atoms with van der Waals surface area (Å²) in [6.45, 7) is 0. The molecule has 0 aliphatic carbocycles. The predicted molar refractivity (Wildman–Crippen MR) is 125 cm³/mol. The zero-order valence-electron chi connectivity index (χ0n) is 18.1. The lowest BCUT2D eigenvalue weighted by Gasteiger charge is -2.25. The highest BCUT2D eigenvalue weighted by Gasteiger charge is 2.62. The molecular weight excluding hydrogens is 511 g/mol. The zero-order chi connectivity index (χ0) is 25.6. The second-order valence-corrected chi connectivity index (χ2v) is 10.5. The molecule has 11 heteroatoms. The average molecular weight is 529 g/mol. The molecule has 4 rings (SSSR count). The molecule has 3 aromatic carbocycles. The Kier molecular flexibility index (Phi) is 6.39. The van der Waals surface area contributed by atoms with Crippen molar-refractivity contribution in [3.8, 4) is 11.1 Å². The third-order valence-corrected chi connectivity index (χ3v) is 7.05. The van der Waals surface area contributed by atoms with E-state index < -0.39 is 40.1 Å². The van der Waals surface area contributed by atoms with Gasteiger partial charge in [0.2, 0.25) is 0 Å². The van der Waals surface area contributed by atoms with Crippen LogP contribution in [0.1, 0.15) is 18.0 Å². The topological polar surface area (TPSA) is 49.7 Å². The van der Waals surface area contributed by atoms with Gasteiger partial charge in [-0.2, -0.15) is 27.1 Å². The van der Waals surface area contributed by atoms with Crippen molar-refractivity contribution in [2.45, 2.75) is 29.5 Å². The van der Waals surface area contributed by atoms with Crippen molar-refractivity contribution in [3.63, 3.8) is 0 Å². The van der Waals surface area contributed by atoms with E-state index in [2.05, 4.69) is 5.10 Å². The van der Waals surface area contributed by atoms with E-state index in [1.54, 1.807) is 48.5 Å². The summed E-state index contributed by atoms with van der Waals surface area (Å²) in [6.07, 6.45) is -5.37. The monoisotopic (exact) mass is 528 g/mol. The summed E-state index contributed by atoms with van der Waals surface area (Å²) in [5.74, 6) is -5.10. The van der Waals surface area contributed by atoms with Gasteiger partial charge in [0.1, 0.15) is 5.71 Å². The first-order valence-electron chi connectivity index (χ1n) is 10.3. The van der Waals surface area contributed by atoms with Gasteiger partial charge < -0.3 is 0 Å². The quantitative estimate of drug-likeness (QED) is 0.338. The number of alkyl halides is 5. The molecule has 0 bridgehead atoms. The number of rotatable bonds is 5. The van der Waals surface area contributed by atoms with E-state index in [0.29, 0.717) is 16.7 Å². The molecule has 184 valence electrons. The van der Waals surface area contributed by atoms with Gasteiger partial charge in [-0.05, 0) is 41.0 Å². The van der Waals surface area contributed by atoms with E-state index in [9.17, 15) is 30.4 Å². The summed E-state index contributed by atoms with van der Waals surface area (Å²) < 4.78 is 91.2. The highest BCUT2D eigenvalue weighted by Crippen LogP contribution is 2.45. The van der Waals surface area contributed by atoms with Crippen molar-refractivity contribution in [2.24, 2.45) is 5.10 Å². The van der Waals surface area contributed by atoms with Crippen molar-refractivity contribution < 1.29 is 30.4 Å². The minimum Gasteiger partial charge on any atom is -0.256 e. The number of sulfone groups is 1. The van der Waals surface area contributed by atoms with Gasteiger partial charge in [-0.1, -0.05) is 60.1 Å². The maximum Gasteiger partial charge on any atom is 0.459 e. The minimum absolute atomic E-state index is 0.132. The van der Waals surface area contributed by atoms with Gasteiger partial charge in [0.15, 0.2) is 9.84 Å². The molecular formula is C24H18ClF5N2O2S. The molecule has 1 unspecified atom stereocenters. The summed E-state index contributed by atoms with van der Waals surface area (Å²) in [6, 6.07) is 17.9. The number of hydrogen-bond donors (Lipinski definition) is 0. The Hall–Kier alpha value is -2.98. The Bertz CT molecular complexity index is 1390. The van der Waals surface area contributed by atoms with Crippen LogP contribution in [0.3, 0.4) is 0 Å². The summed E-state index contributed by atoms with van der Waals surface area (Å²) in [7, 11) is -3.43. The third-order valence-electron chi connectivity index (χ3n) is 5.62. The van der Waals surface area contributed by atoms with Gasteiger partial charge in [0.05, 0.1) is 21.6 Å². The van der Waals surface area contributed by atoms with Crippen molar-refractivity contribution in [2.75, 3.05) is 11.3 Å². The van der Waals surface area contributed by atoms with Crippen LogP contribution in [-0.4, -0.2) is 32.5 Å². The molecule has 0 saturated carbocycles. The summed E-state index contributed by atoms with van der Waals surface area (Å²) in [5, 5.41) is 4.89. The number of para-hydroxylation sites is 1.